The average Bonchev–Trinajstić information content (AvgIpc) is 2.65. The Morgan fingerprint density at radius 2 is 1.29 bits per heavy atom. The van der Waals surface area contributed by atoms with E-state index in [9.17, 15) is 5.11 Å². The first kappa shape index (κ1) is 21.9. The molecule has 4 nitrogen and oxygen atoms in total. The maximum absolute atomic E-state index is 9.80. The molecular formula is C18H38O4Si2. The third-order valence-corrected chi connectivity index (χ3v) is 15.3. The SMILES string of the molecule is CC[Si](CC)(CC)O[C@@H]1[C@H](O[Si](CC)(CC)CC)C=CO[C@@H]1CO. The molecule has 0 aromatic rings. The first-order valence-electron chi connectivity index (χ1n) is 9.77. The van der Waals surface area contributed by atoms with Crippen LogP contribution in [0.15, 0.2) is 12.3 Å². The van der Waals surface area contributed by atoms with E-state index in [4.69, 9.17) is 13.6 Å². The van der Waals surface area contributed by atoms with Gasteiger partial charge in [0.05, 0.1) is 19.0 Å². The fraction of sp³-hybridized carbons (Fsp3) is 0.889. The van der Waals surface area contributed by atoms with Crippen molar-refractivity contribution in [1.82, 2.24) is 0 Å². The summed E-state index contributed by atoms with van der Waals surface area (Å²) < 4.78 is 19.1. The van der Waals surface area contributed by atoms with Gasteiger partial charge in [0.15, 0.2) is 16.6 Å². The van der Waals surface area contributed by atoms with Gasteiger partial charge in [-0.2, -0.15) is 0 Å². The minimum Gasteiger partial charge on any atom is -0.493 e. The Balaban J connectivity index is 3.06. The van der Waals surface area contributed by atoms with Gasteiger partial charge in [0.2, 0.25) is 0 Å². The monoisotopic (exact) mass is 374 g/mol. The van der Waals surface area contributed by atoms with Gasteiger partial charge in [0, 0.05) is 0 Å². The smallest absolute Gasteiger partial charge is 0.193 e. The summed E-state index contributed by atoms with van der Waals surface area (Å²) in [5.74, 6) is 0. The highest BCUT2D eigenvalue weighted by molar-refractivity contribution is 6.74. The predicted octanol–water partition coefficient (Wildman–Crippen LogP) is 4.67. The number of aliphatic hydroxyl groups is 1. The quantitative estimate of drug-likeness (QED) is 0.534. The normalized spacial score (nSPS) is 24.9. The largest absolute Gasteiger partial charge is 0.493 e. The number of rotatable bonds is 11. The van der Waals surface area contributed by atoms with Gasteiger partial charge in [0.1, 0.15) is 12.2 Å². The Morgan fingerprint density at radius 1 is 0.833 bits per heavy atom. The summed E-state index contributed by atoms with van der Waals surface area (Å²) in [5, 5.41) is 9.80. The molecule has 0 aliphatic carbocycles. The van der Waals surface area contributed by atoms with E-state index in [-0.39, 0.29) is 24.9 Å². The van der Waals surface area contributed by atoms with Crippen LogP contribution < -0.4 is 0 Å². The number of ether oxygens (including phenoxy) is 1. The molecule has 6 heteroatoms. The van der Waals surface area contributed by atoms with Crippen molar-refractivity contribution in [1.29, 1.82) is 0 Å². The summed E-state index contributed by atoms with van der Waals surface area (Å²) in [7, 11) is -3.55. The van der Waals surface area contributed by atoms with E-state index < -0.39 is 16.6 Å². The lowest BCUT2D eigenvalue weighted by atomic mass is 10.1. The predicted molar refractivity (Wildman–Crippen MR) is 105 cm³/mol. The first-order valence-corrected chi connectivity index (χ1v) is 14.8. The molecule has 0 saturated heterocycles. The van der Waals surface area contributed by atoms with Crippen LogP contribution in [0.4, 0.5) is 0 Å². The highest BCUT2D eigenvalue weighted by atomic mass is 28.4. The van der Waals surface area contributed by atoms with Gasteiger partial charge in [-0.3, -0.25) is 0 Å². The van der Waals surface area contributed by atoms with Crippen molar-refractivity contribution in [3.8, 4) is 0 Å². The Bertz CT molecular complexity index is 365. The molecule has 0 amide bonds. The molecule has 24 heavy (non-hydrogen) atoms. The fourth-order valence-electron chi connectivity index (χ4n) is 3.60. The second kappa shape index (κ2) is 10.1. The zero-order valence-electron chi connectivity index (χ0n) is 16.5. The molecule has 0 aromatic carbocycles. The van der Waals surface area contributed by atoms with Crippen LogP contribution >= 0.6 is 0 Å². The second-order valence-corrected chi connectivity index (χ2v) is 16.3. The van der Waals surface area contributed by atoms with Crippen molar-refractivity contribution < 1.29 is 18.7 Å². The van der Waals surface area contributed by atoms with E-state index in [1.54, 1.807) is 6.26 Å². The zero-order valence-corrected chi connectivity index (χ0v) is 18.5. The Kier molecular flexibility index (Phi) is 9.23. The van der Waals surface area contributed by atoms with E-state index in [0.717, 1.165) is 36.3 Å². The first-order chi connectivity index (χ1) is 11.5. The maximum atomic E-state index is 9.80. The zero-order chi connectivity index (χ0) is 18.2. The Labute approximate surface area is 150 Å². The summed E-state index contributed by atoms with van der Waals surface area (Å²) in [5.41, 5.74) is 0. The van der Waals surface area contributed by atoms with Crippen molar-refractivity contribution in [3.63, 3.8) is 0 Å². The lowest BCUT2D eigenvalue weighted by Gasteiger charge is -2.43. The van der Waals surface area contributed by atoms with Crippen LogP contribution in [0.3, 0.4) is 0 Å². The van der Waals surface area contributed by atoms with E-state index in [0.29, 0.717) is 0 Å². The van der Waals surface area contributed by atoms with E-state index >= 15 is 0 Å². The number of hydrogen-bond acceptors (Lipinski definition) is 4. The van der Waals surface area contributed by atoms with Gasteiger partial charge in [-0.1, -0.05) is 41.5 Å². The summed E-state index contributed by atoms with van der Waals surface area (Å²) in [6, 6.07) is 6.59. The van der Waals surface area contributed by atoms with E-state index in [2.05, 4.69) is 41.5 Å². The van der Waals surface area contributed by atoms with Crippen molar-refractivity contribution in [2.75, 3.05) is 6.61 Å². The minimum absolute atomic E-state index is 0.0323. The Hall–Kier alpha value is -0.146. The van der Waals surface area contributed by atoms with Crippen LogP contribution in [-0.2, 0) is 13.6 Å². The van der Waals surface area contributed by atoms with Crippen LogP contribution in [0.1, 0.15) is 41.5 Å². The topological polar surface area (TPSA) is 47.9 Å². The summed E-state index contributed by atoms with van der Waals surface area (Å²) in [6.45, 7) is 13.4. The lowest BCUT2D eigenvalue weighted by molar-refractivity contribution is -0.0691. The van der Waals surface area contributed by atoms with Crippen LogP contribution in [0.25, 0.3) is 0 Å². The third-order valence-electron chi connectivity index (χ3n) is 6.03. The van der Waals surface area contributed by atoms with Gasteiger partial charge >= 0.3 is 0 Å². The van der Waals surface area contributed by atoms with Gasteiger partial charge in [-0.05, 0) is 42.3 Å². The molecule has 0 spiro atoms. The van der Waals surface area contributed by atoms with E-state index in [1.807, 2.05) is 6.08 Å². The molecule has 1 aliphatic heterocycles. The highest BCUT2D eigenvalue weighted by Gasteiger charge is 2.43. The van der Waals surface area contributed by atoms with E-state index in [1.165, 1.54) is 0 Å². The molecule has 0 bridgehead atoms. The minimum atomic E-state index is -1.80. The summed E-state index contributed by atoms with van der Waals surface area (Å²) in [6.07, 6.45) is 3.08. The van der Waals surface area contributed by atoms with Crippen LogP contribution in [0, 0.1) is 0 Å². The molecule has 1 rings (SSSR count). The molecule has 3 atom stereocenters. The molecular weight excluding hydrogens is 336 g/mol. The standard InChI is InChI=1S/C18H38O4Si2/c1-7-23(8-2,9-3)21-16-13-14-20-17(15-19)18(16)22-24(10-4,11-5)12-6/h13-14,16-19H,7-12,15H2,1-6H3/t16-,17-,18-/m1/s1. The molecule has 0 saturated carbocycles. The molecule has 1 aliphatic rings. The Morgan fingerprint density at radius 3 is 1.71 bits per heavy atom. The molecule has 0 radical (unpaired) electrons. The number of aliphatic hydroxyl groups excluding tert-OH is 1. The molecule has 0 fully saturated rings. The van der Waals surface area contributed by atoms with Gasteiger partial charge in [-0.25, -0.2) is 0 Å². The average molecular weight is 375 g/mol. The molecule has 0 unspecified atom stereocenters. The van der Waals surface area contributed by atoms with Crippen molar-refractivity contribution in [2.45, 2.75) is 96.1 Å². The lowest BCUT2D eigenvalue weighted by Crippen LogP contribution is -2.55. The molecule has 1 N–H and O–H groups in total. The van der Waals surface area contributed by atoms with Crippen LogP contribution in [0.5, 0.6) is 0 Å². The van der Waals surface area contributed by atoms with Crippen molar-refractivity contribution in [2.24, 2.45) is 0 Å². The number of hydrogen-bond donors (Lipinski definition) is 1. The van der Waals surface area contributed by atoms with Gasteiger partial charge in [-0.15, -0.1) is 0 Å². The van der Waals surface area contributed by atoms with Gasteiger partial charge < -0.3 is 18.7 Å². The molecule has 1 heterocycles. The van der Waals surface area contributed by atoms with Crippen molar-refractivity contribution in [3.05, 3.63) is 12.3 Å². The third kappa shape index (κ3) is 4.94. The molecule has 142 valence electrons. The van der Waals surface area contributed by atoms with Gasteiger partial charge in [0.25, 0.3) is 0 Å². The highest BCUT2D eigenvalue weighted by Crippen LogP contribution is 2.32. The molecule has 0 aromatic heterocycles. The van der Waals surface area contributed by atoms with Crippen molar-refractivity contribution >= 4 is 16.6 Å². The van der Waals surface area contributed by atoms with Crippen LogP contribution in [-0.4, -0.2) is 46.7 Å². The summed E-state index contributed by atoms with van der Waals surface area (Å²) in [4.78, 5) is 0. The summed E-state index contributed by atoms with van der Waals surface area (Å²) >= 11 is 0. The fourth-order valence-corrected chi connectivity index (χ4v) is 9.25. The second-order valence-electron chi connectivity index (χ2n) is 6.84. The maximum Gasteiger partial charge on any atom is 0.193 e. The van der Waals surface area contributed by atoms with Crippen LogP contribution in [0.2, 0.25) is 36.3 Å².